The number of nitrogens with two attached hydrogens (primary N) is 1. The number of anilines is 5. The Hall–Kier alpha value is -8.34. The minimum Gasteiger partial charge on any atom is -0.399 e. The first-order valence-corrected chi connectivity index (χ1v) is 31.8. The lowest BCUT2D eigenvalue weighted by molar-refractivity contribution is 0.00578. The highest BCUT2D eigenvalue weighted by atomic mass is 79.9. The van der Waals surface area contributed by atoms with E-state index >= 15 is 0 Å². The van der Waals surface area contributed by atoms with Gasteiger partial charge >= 0.3 is 7.12 Å². The summed E-state index contributed by atoms with van der Waals surface area (Å²) in [6, 6.07) is 19.3. The van der Waals surface area contributed by atoms with Crippen molar-refractivity contribution in [1.29, 1.82) is 0 Å². The van der Waals surface area contributed by atoms with Crippen molar-refractivity contribution in [1.82, 2.24) is 44.9 Å². The van der Waals surface area contributed by atoms with Crippen LogP contribution in [0.3, 0.4) is 0 Å². The number of nitrogens with zero attached hydrogens (tertiary/aromatic N) is 9. The number of carbonyl (C=O) groups excluding carboxylic acids is 3. The van der Waals surface area contributed by atoms with Crippen LogP contribution < -0.4 is 21.8 Å². The zero-order valence-electron chi connectivity index (χ0n) is 52.9. The third-order valence-corrected chi connectivity index (χ3v) is 17.5. The fraction of sp³-hybridized carbons (Fsp3) is 0.194. The van der Waals surface area contributed by atoms with Gasteiger partial charge in [-0.2, -0.15) is 0 Å². The second-order valence-corrected chi connectivity index (χ2v) is 25.2. The van der Waals surface area contributed by atoms with Crippen LogP contribution in [0.5, 0.6) is 0 Å². The maximum atomic E-state index is 14.1. The molecule has 1 aliphatic rings. The fourth-order valence-electron chi connectivity index (χ4n) is 8.68. The Morgan fingerprint density at radius 1 is 0.505 bits per heavy atom. The Balaban J connectivity index is 0.000000182. The van der Waals surface area contributed by atoms with Crippen molar-refractivity contribution >= 4 is 137 Å². The number of halogens is 12. The first-order valence-electron chi connectivity index (χ1n) is 28.7. The van der Waals surface area contributed by atoms with Gasteiger partial charge in [-0.05, 0) is 206 Å². The molecular weight excluding hydrogens is 1480 g/mol. The minimum atomic E-state index is -0.940. The predicted molar refractivity (Wildman–Crippen MR) is 370 cm³/mol. The van der Waals surface area contributed by atoms with Crippen molar-refractivity contribution in [3.63, 3.8) is 0 Å². The molecule has 0 saturated carbocycles. The number of hydrogen-bond acceptors (Lipinski definition) is 17. The number of rotatable bonds is 13. The lowest BCUT2D eigenvalue weighted by atomic mass is 9.80. The molecule has 97 heavy (non-hydrogen) atoms. The van der Waals surface area contributed by atoms with Gasteiger partial charge in [0.25, 0.3) is 5.24 Å². The quantitative estimate of drug-likeness (QED) is 0.0320. The molecule has 0 spiro atoms. The topological polar surface area (TPSA) is 236 Å². The van der Waals surface area contributed by atoms with Crippen molar-refractivity contribution in [2.45, 2.75) is 86.4 Å². The van der Waals surface area contributed by atoms with Crippen LogP contribution in [0.15, 0.2) is 143 Å². The summed E-state index contributed by atoms with van der Waals surface area (Å²) in [4.78, 5) is 72.6. The Morgan fingerprint density at radius 2 is 0.918 bits per heavy atom. The second-order valence-electron chi connectivity index (χ2n) is 22.1. The summed E-state index contributed by atoms with van der Waals surface area (Å²) < 4.78 is 92.2. The summed E-state index contributed by atoms with van der Waals surface area (Å²) in [6.07, 6.45) is 11.2. The minimum absolute atomic E-state index is 0.0976. The van der Waals surface area contributed by atoms with E-state index in [1.165, 1.54) is 6.20 Å². The standard InChI is InChI=1S/C24H18ClF2N5O.C16H21BN4O2.C14H9BrClF2NO.C7H3ClF2O.C6H6BrClN2/c1-13-18(11-21(33)17-4-3-16(26)10-20(17)27)24(25)30-12-19(13)15-5-7-29-23(9-15)32-22-6-8-28-14(2)31-22;1-11-18-9-7-13(20-11)21-14-10-12(6-8-19-14)17-22-15(2,3)16(4,5)23-17;1-7-10(14(16)19-6-11(7)15)5-13(20)9-3-2-8(17)4-12(9)18;8-7(11)5-2-1-4(9)3-6(5)10;1-3-4(7)2-10-6(8)5(3)9/h3-10,12H,11H2,1-2H3,(H,28,29,31,32);6-10H,1-5H3,(H,18,19,20,21);2-4,6H,5H2,1H3;1-3H;2H,9H2,1H3. The molecule has 7 aromatic heterocycles. The molecule has 0 aliphatic carbocycles. The van der Waals surface area contributed by atoms with E-state index in [1.54, 1.807) is 69.2 Å². The maximum absolute atomic E-state index is 14.1. The molecule has 4 N–H and O–H groups in total. The Morgan fingerprint density at radius 3 is 1.37 bits per heavy atom. The Labute approximate surface area is 591 Å². The number of ketones is 2. The smallest absolute Gasteiger partial charge is 0.399 e. The fourth-order valence-corrected chi connectivity index (χ4v) is 10.2. The average molecular weight is 1540 g/mol. The number of pyridine rings is 5. The molecule has 30 heteroatoms. The van der Waals surface area contributed by atoms with E-state index in [0.717, 1.165) is 74.2 Å². The summed E-state index contributed by atoms with van der Waals surface area (Å²) in [6.45, 7) is 17.3. The molecule has 1 fully saturated rings. The molecule has 10 aromatic rings. The van der Waals surface area contributed by atoms with Crippen LogP contribution in [0.1, 0.15) is 98.2 Å². The number of hydrogen-bond donors (Lipinski definition) is 3. The number of benzene rings is 3. The lowest BCUT2D eigenvalue weighted by Crippen LogP contribution is -2.41. The number of carbonyl (C=O) groups is 3. The number of aromatic nitrogens is 9. The van der Waals surface area contributed by atoms with Gasteiger partial charge in [0.1, 0.15) is 80.1 Å². The van der Waals surface area contributed by atoms with Crippen LogP contribution in [0.25, 0.3) is 11.1 Å². The van der Waals surface area contributed by atoms with Crippen LogP contribution in [0, 0.1) is 69.5 Å². The van der Waals surface area contributed by atoms with Crippen molar-refractivity contribution in [2.75, 3.05) is 16.4 Å². The SMILES string of the molecule is Cc1c(Br)cnc(Cl)c1CC(=O)c1ccc(F)cc1F.Cc1c(Br)cnc(Cl)c1N.Cc1nccc(Nc2cc(-c3cnc(Cl)c(CC(=O)c4ccc(F)cc4F)c3C)ccn2)n1.Cc1nccc(Nc2cc(B3OC(C)(C)C(C)(C)O3)ccn2)n1.O=C(Cl)c1ccc(F)cc1F. The summed E-state index contributed by atoms with van der Waals surface area (Å²) in [7, 11) is -0.407. The predicted octanol–water partition coefficient (Wildman–Crippen LogP) is 17.1. The summed E-state index contributed by atoms with van der Waals surface area (Å²) in [5, 5.41) is 6.08. The molecule has 0 bridgehead atoms. The monoisotopic (exact) mass is 1530 g/mol. The molecule has 11 rings (SSSR count). The third kappa shape index (κ3) is 20.6. The summed E-state index contributed by atoms with van der Waals surface area (Å²) in [5.74, 6) is -2.05. The van der Waals surface area contributed by atoms with Gasteiger partial charge in [0, 0.05) is 100 Å². The number of nitrogens with one attached hydrogen (secondary N) is 2. The van der Waals surface area contributed by atoms with Crippen LogP contribution in [0.4, 0.5) is 55.3 Å². The normalized spacial score (nSPS) is 12.5. The molecule has 3 aromatic carbocycles. The van der Waals surface area contributed by atoms with Crippen LogP contribution in [0.2, 0.25) is 15.5 Å². The first-order chi connectivity index (χ1) is 45.7. The first kappa shape index (κ1) is 76.0. The van der Waals surface area contributed by atoms with E-state index in [0.29, 0.717) is 79.6 Å². The number of nitrogen functional groups attached to an aromatic ring is 1. The molecule has 17 nitrogen and oxygen atoms in total. The third-order valence-electron chi connectivity index (χ3n) is 14.8. The van der Waals surface area contributed by atoms with E-state index in [-0.39, 0.29) is 51.0 Å². The van der Waals surface area contributed by atoms with Crippen LogP contribution in [-0.2, 0) is 22.2 Å². The van der Waals surface area contributed by atoms with E-state index in [4.69, 9.17) is 61.4 Å². The van der Waals surface area contributed by atoms with Gasteiger partial charge in [-0.3, -0.25) is 14.4 Å². The van der Waals surface area contributed by atoms with E-state index in [9.17, 15) is 40.7 Å². The molecule has 1 saturated heterocycles. The van der Waals surface area contributed by atoms with Crippen LogP contribution >= 0.6 is 78.3 Å². The highest BCUT2D eigenvalue weighted by Crippen LogP contribution is 2.37. The second kappa shape index (κ2) is 33.8. The van der Waals surface area contributed by atoms with Crippen molar-refractivity contribution in [3.05, 3.63) is 250 Å². The number of aryl methyl sites for hydroxylation is 2. The van der Waals surface area contributed by atoms with Gasteiger partial charge in [0.2, 0.25) is 0 Å². The Kier molecular flexibility index (Phi) is 26.5. The molecule has 502 valence electrons. The van der Waals surface area contributed by atoms with Crippen LogP contribution in [-0.4, -0.2) is 80.0 Å². The van der Waals surface area contributed by atoms with E-state index < -0.39 is 58.8 Å². The molecule has 0 unspecified atom stereocenters. The van der Waals surface area contributed by atoms with Gasteiger partial charge in [-0.25, -0.2) is 71.2 Å². The van der Waals surface area contributed by atoms with E-state index in [2.05, 4.69) is 87.3 Å². The van der Waals surface area contributed by atoms with Gasteiger partial charge < -0.3 is 25.7 Å². The highest BCUT2D eigenvalue weighted by molar-refractivity contribution is 9.10. The van der Waals surface area contributed by atoms with Crippen molar-refractivity contribution in [3.8, 4) is 11.1 Å². The summed E-state index contributed by atoms with van der Waals surface area (Å²) >= 11 is 29.4. The molecule has 0 radical (unpaired) electrons. The zero-order valence-corrected chi connectivity index (χ0v) is 59.1. The van der Waals surface area contributed by atoms with E-state index in [1.807, 2.05) is 66.7 Å². The number of Topliss-reactive ketones (excluding diaryl/α,β-unsaturated/α-hetero) is 2. The zero-order chi connectivity index (χ0) is 71.2. The Bertz CT molecular complexity index is 4530. The lowest BCUT2D eigenvalue weighted by Gasteiger charge is -2.32. The largest absolute Gasteiger partial charge is 0.495 e. The van der Waals surface area contributed by atoms with Gasteiger partial charge in [0.15, 0.2) is 16.7 Å². The average Bonchev–Trinajstić information content (AvgIpc) is 1.58. The maximum Gasteiger partial charge on any atom is 0.495 e. The van der Waals surface area contributed by atoms with Crippen molar-refractivity contribution in [2.24, 2.45) is 0 Å². The molecular formula is C67H57BBr2Cl4F6N12O5. The van der Waals surface area contributed by atoms with Crippen molar-refractivity contribution < 1.29 is 50.0 Å². The molecule has 1 aliphatic heterocycles. The van der Waals surface area contributed by atoms with Gasteiger partial charge in [-0.1, -0.05) is 34.8 Å². The summed E-state index contributed by atoms with van der Waals surface area (Å²) in [5.41, 5.74) is 10.6. The van der Waals surface area contributed by atoms with Gasteiger partial charge in [-0.15, -0.1) is 0 Å². The molecule has 0 amide bonds. The highest BCUT2D eigenvalue weighted by Gasteiger charge is 2.51. The van der Waals surface area contributed by atoms with Gasteiger partial charge in [0.05, 0.1) is 33.6 Å². The molecule has 8 heterocycles. The molecule has 0 atom stereocenters.